The van der Waals surface area contributed by atoms with E-state index in [0.717, 1.165) is 29.8 Å². The van der Waals surface area contributed by atoms with E-state index in [9.17, 15) is 4.79 Å². The van der Waals surface area contributed by atoms with Gasteiger partial charge in [0.25, 0.3) is 5.91 Å². The third-order valence-corrected chi connectivity index (χ3v) is 3.68. The number of aryl methyl sites for hydroxylation is 1. The van der Waals surface area contributed by atoms with Crippen LogP contribution in [0, 0.1) is 6.92 Å². The first kappa shape index (κ1) is 15.8. The maximum Gasteiger partial charge on any atom is 0.256 e. The fourth-order valence-corrected chi connectivity index (χ4v) is 2.76. The zero-order valence-corrected chi connectivity index (χ0v) is 13.5. The predicted octanol–water partition coefficient (Wildman–Crippen LogP) is 3.07. The number of hydrogen-bond acceptors (Lipinski definition) is 3. The van der Waals surface area contributed by atoms with Crippen molar-refractivity contribution < 1.29 is 9.53 Å². The Hall–Kier alpha value is -1.55. The van der Waals surface area contributed by atoms with Gasteiger partial charge < -0.3 is 15.0 Å². The molecule has 0 radical (unpaired) electrons. The molecular formula is C17H26N2O2. The quantitative estimate of drug-likeness (QED) is 0.926. The van der Waals surface area contributed by atoms with Crippen LogP contribution < -0.4 is 5.32 Å². The summed E-state index contributed by atoms with van der Waals surface area (Å²) in [7, 11) is 0. The first-order valence-corrected chi connectivity index (χ1v) is 7.80. The number of anilines is 1. The molecule has 1 aliphatic heterocycles. The average molecular weight is 290 g/mol. The lowest BCUT2D eigenvalue weighted by molar-refractivity contribution is -0.0585. The van der Waals surface area contributed by atoms with Crippen LogP contribution in [0.25, 0.3) is 0 Å². The lowest BCUT2D eigenvalue weighted by atomic mass is 10.1. The van der Waals surface area contributed by atoms with E-state index in [2.05, 4.69) is 12.2 Å². The molecule has 116 valence electrons. The number of ether oxygens (including phenoxy) is 1. The molecule has 0 saturated carbocycles. The van der Waals surface area contributed by atoms with Gasteiger partial charge >= 0.3 is 0 Å². The van der Waals surface area contributed by atoms with Gasteiger partial charge in [0.1, 0.15) is 0 Å². The zero-order chi connectivity index (χ0) is 15.4. The maximum atomic E-state index is 12.9. The largest absolute Gasteiger partial charge is 0.384 e. The van der Waals surface area contributed by atoms with E-state index in [0.29, 0.717) is 13.1 Å². The van der Waals surface area contributed by atoms with Crippen LogP contribution in [0.15, 0.2) is 18.2 Å². The number of carbonyl (C=O) groups is 1. The van der Waals surface area contributed by atoms with Crippen LogP contribution in [-0.2, 0) is 4.74 Å². The molecule has 21 heavy (non-hydrogen) atoms. The molecule has 1 amide bonds. The van der Waals surface area contributed by atoms with E-state index in [1.165, 1.54) is 0 Å². The Balaban J connectivity index is 2.22. The molecule has 1 aromatic rings. The van der Waals surface area contributed by atoms with Gasteiger partial charge in [0.15, 0.2) is 0 Å². The van der Waals surface area contributed by atoms with Gasteiger partial charge in [-0.1, -0.05) is 18.6 Å². The number of benzene rings is 1. The molecule has 4 heteroatoms. The van der Waals surface area contributed by atoms with Crippen molar-refractivity contribution in [1.29, 1.82) is 0 Å². The molecule has 1 aliphatic rings. The summed E-state index contributed by atoms with van der Waals surface area (Å²) in [5, 5.41) is 3.35. The van der Waals surface area contributed by atoms with Crippen molar-refractivity contribution in [2.45, 2.75) is 46.3 Å². The van der Waals surface area contributed by atoms with Crippen molar-refractivity contribution in [3.63, 3.8) is 0 Å². The van der Waals surface area contributed by atoms with Crippen molar-refractivity contribution in [3.05, 3.63) is 29.3 Å². The van der Waals surface area contributed by atoms with Gasteiger partial charge in [0.05, 0.1) is 17.8 Å². The monoisotopic (exact) mass is 290 g/mol. The molecular weight excluding hydrogens is 264 g/mol. The van der Waals surface area contributed by atoms with Crippen molar-refractivity contribution in [2.24, 2.45) is 0 Å². The molecule has 2 rings (SSSR count). The van der Waals surface area contributed by atoms with Crippen LogP contribution in [0.5, 0.6) is 0 Å². The van der Waals surface area contributed by atoms with E-state index < -0.39 is 0 Å². The first-order valence-electron chi connectivity index (χ1n) is 7.80. The van der Waals surface area contributed by atoms with Gasteiger partial charge in [0.2, 0.25) is 0 Å². The summed E-state index contributed by atoms with van der Waals surface area (Å²) in [6.07, 6.45) is 1.22. The number of amides is 1. The Morgan fingerprint density at radius 1 is 1.33 bits per heavy atom. The van der Waals surface area contributed by atoms with Gasteiger partial charge in [-0.05, 0) is 39.3 Å². The second kappa shape index (κ2) is 6.94. The molecule has 1 saturated heterocycles. The van der Waals surface area contributed by atoms with Crippen molar-refractivity contribution >= 4 is 11.6 Å². The Morgan fingerprint density at radius 3 is 2.62 bits per heavy atom. The molecule has 2 atom stereocenters. The number of morpholine rings is 1. The Morgan fingerprint density at radius 2 is 2.00 bits per heavy atom. The average Bonchev–Trinajstić information content (AvgIpc) is 2.44. The van der Waals surface area contributed by atoms with Crippen molar-refractivity contribution in [1.82, 2.24) is 4.90 Å². The van der Waals surface area contributed by atoms with Gasteiger partial charge in [-0.2, -0.15) is 0 Å². The minimum Gasteiger partial charge on any atom is -0.384 e. The third kappa shape index (κ3) is 3.97. The molecule has 0 aromatic heterocycles. The lowest BCUT2D eigenvalue weighted by Crippen LogP contribution is -2.48. The summed E-state index contributed by atoms with van der Waals surface area (Å²) in [5.41, 5.74) is 2.80. The summed E-state index contributed by atoms with van der Waals surface area (Å²) in [5.74, 6) is 0.0966. The van der Waals surface area contributed by atoms with Crippen LogP contribution in [0.1, 0.15) is 43.1 Å². The zero-order valence-electron chi connectivity index (χ0n) is 13.5. The second-order valence-electron chi connectivity index (χ2n) is 5.94. The summed E-state index contributed by atoms with van der Waals surface area (Å²) in [6, 6.07) is 6.02. The topological polar surface area (TPSA) is 41.6 Å². The number of nitrogens with zero attached hydrogens (tertiary/aromatic N) is 1. The molecule has 0 bridgehead atoms. The molecule has 1 heterocycles. The number of hydrogen-bond donors (Lipinski definition) is 1. The number of rotatable bonds is 4. The first-order chi connectivity index (χ1) is 10.0. The van der Waals surface area contributed by atoms with Gasteiger partial charge in [0, 0.05) is 25.3 Å². The number of nitrogens with one attached hydrogen (secondary N) is 1. The SMILES string of the molecule is CCCNc1ccc(C)cc1C(=O)N1CC(C)OC(C)C1. The van der Waals surface area contributed by atoms with E-state index in [4.69, 9.17) is 4.74 Å². The third-order valence-electron chi connectivity index (χ3n) is 3.68. The van der Waals surface area contributed by atoms with Gasteiger partial charge in [-0.25, -0.2) is 0 Å². The highest BCUT2D eigenvalue weighted by molar-refractivity contribution is 6.00. The summed E-state index contributed by atoms with van der Waals surface area (Å²) in [6.45, 7) is 10.4. The Bertz CT molecular complexity index is 492. The van der Waals surface area contributed by atoms with Crippen LogP contribution in [0.4, 0.5) is 5.69 Å². The number of carbonyl (C=O) groups excluding carboxylic acids is 1. The van der Waals surface area contributed by atoms with Crippen LogP contribution in [0.2, 0.25) is 0 Å². The smallest absolute Gasteiger partial charge is 0.256 e. The van der Waals surface area contributed by atoms with Crippen molar-refractivity contribution in [2.75, 3.05) is 25.0 Å². The molecule has 2 unspecified atom stereocenters. The second-order valence-corrected chi connectivity index (χ2v) is 5.94. The predicted molar refractivity (Wildman–Crippen MR) is 85.9 cm³/mol. The summed E-state index contributed by atoms with van der Waals surface area (Å²) < 4.78 is 5.71. The highest BCUT2D eigenvalue weighted by Crippen LogP contribution is 2.22. The van der Waals surface area contributed by atoms with Crippen LogP contribution in [-0.4, -0.2) is 42.6 Å². The lowest BCUT2D eigenvalue weighted by Gasteiger charge is -2.35. The normalized spacial score (nSPS) is 22.2. The molecule has 0 spiro atoms. The minimum atomic E-state index is 0.0922. The molecule has 4 nitrogen and oxygen atoms in total. The van der Waals surface area contributed by atoms with Crippen LogP contribution >= 0.6 is 0 Å². The van der Waals surface area contributed by atoms with Crippen LogP contribution in [0.3, 0.4) is 0 Å². The fraction of sp³-hybridized carbons (Fsp3) is 0.588. The Kier molecular flexibility index (Phi) is 5.23. The molecule has 0 aliphatic carbocycles. The Labute approximate surface area is 127 Å². The highest BCUT2D eigenvalue weighted by Gasteiger charge is 2.27. The van der Waals surface area contributed by atoms with E-state index in [1.54, 1.807) is 0 Å². The minimum absolute atomic E-state index is 0.0922. The molecule has 1 fully saturated rings. The van der Waals surface area contributed by atoms with Gasteiger partial charge in [-0.3, -0.25) is 4.79 Å². The molecule has 1 aromatic carbocycles. The van der Waals surface area contributed by atoms with Crippen molar-refractivity contribution in [3.8, 4) is 0 Å². The van der Waals surface area contributed by atoms with E-state index >= 15 is 0 Å². The summed E-state index contributed by atoms with van der Waals surface area (Å²) >= 11 is 0. The molecule has 1 N–H and O–H groups in total. The van der Waals surface area contributed by atoms with E-state index in [1.807, 2.05) is 43.9 Å². The van der Waals surface area contributed by atoms with Gasteiger partial charge in [-0.15, -0.1) is 0 Å². The van der Waals surface area contributed by atoms with E-state index in [-0.39, 0.29) is 18.1 Å². The standard InChI is InChI=1S/C17H26N2O2/c1-5-8-18-16-7-6-12(2)9-15(16)17(20)19-10-13(3)21-14(4)11-19/h6-7,9,13-14,18H,5,8,10-11H2,1-4H3. The maximum absolute atomic E-state index is 12.9. The summed E-state index contributed by atoms with van der Waals surface area (Å²) in [4.78, 5) is 14.8. The highest BCUT2D eigenvalue weighted by atomic mass is 16.5. The fourth-order valence-electron chi connectivity index (χ4n) is 2.76.